The highest BCUT2D eigenvalue weighted by Crippen LogP contribution is 2.37. The van der Waals surface area contributed by atoms with Crippen molar-refractivity contribution in [3.63, 3.8) is 0 Å². The first kappa shape index (κ1) is 46.3. The number of rotatable bonds is 19. The lowest BCUT2D eigenvalue weighted by Crippen LogP contribution is -2.45. The number of carbonyl (C=O) groups excluding carboxylic acids is 2. The third-order valence-electron chi connectivity index (χ3n) is 11.7. The number of aliphatic hydroxyl groups is 1. The molecule has 5 rings (SSSR count). The summed E-state index contributed by atoms with van der Waals surface area (Å²) in [4.78, 5) is 26.1. The zero-order chi connectivity index (χ0) is 42.1. The largest absolute Gasteiger partial charge is 0.466 e. The monoisotopic (exact) mass is 840 g/mol. The number of ether oxygens (including phenoxy) is 6. The van der Waals surface area contributed by atoms with Gasteiger partial charge in [-0.2, -0.15) is 0 Å². The molecular weight excluding hydrogens is 772 g/mol. The molecule has 0 unspecified atom stereocenters. The molecule has 3 aliphatic rings. The third kappa shape index (κ3) is 13.9. The van der Waals surface area contributed by atoms with Crippen LogP contribution in [0.5, 0.6) is 5.75 Å². The number of aryl methyl sites for hydroxylation is 1. The van der Waals surface area contributed by atoms with Crippen molar-refractivity contribution in [2.24, 2.45) is 11.3 Å². The van der Waals surface area contributed by atoms with Crippen molar-refractivity contribution in [2.45, 2.75) is 179 Å². The summed E-state index contributed by atoms with van der Waals surface area (Å²) in [5, 5.41) is 11.5. The van der Waals surface area contributed by atoms with Crippen LogP contribution >= 0.6 is 11.6 Å². The van der Waals surface area contributed by atoms with E-state index in [1.165, 1.54) is 0 Å². The molecule has 1 N–H and O–H groups in total. The van der Waals surface area contributed by atoms with Gasteiger partial charge in [0.05, 0.1) is 55.3 Å². The highest BCUT2D eigenvalue weighted by atomic mass is 35.5. The molecule has 0 aromatic heterocycles. The van der Waals surface area contributed by atoms with Crippen molar-refractivity contribution in [1.29, 1.82) is 0 Å². The van der Waals surface area contributed by atoms with Gasteiger partial charge in [-0.05, 0) is 94.9 Å². The molecule has 11 heteroatoms. The van der Waals surface area contributed by atoms with Crippen LogP contribution in [0.4, 0.5) is 0 Å². The van der Waals surface area contributed by atoms with Crippen LogP contribution in [0.3, 0.4) is 0 Å². The van der Waals surface area contributed by atoms with Crippen LogP contribution in [-0.2, 0) is 41.5 Å². The van der Waals surface area contributed by atoms with Gasteiger partial charge in [-0.25, -0.2) is 4.79 Å². The van der Waals surface area contributed by atoms with Crippen molar-refractivity contribution in [3.8, 4) is 5.75 Å². The van der Waals surface area contributed by atoms with E-state index in [1.54, 1.807) is 13.8 Å². The number of esters is 2. The Morgan fingerprint density at radius 2 is 1.79 bits per heavy atom. The number of hydrogen-bond acceptors (Lipinski definition) is 9. The van der Waals surface area contributed by atoms with Gasteiger partial charge in [0.15, 0.2) is 0 Å². The van der Waals surface area contributed by atoms with Gasteiger partial charge in [0.2, 0.25) is 5.79 Å². The number of alkyl halides is 1. The maximum Gasteiger partial charge on any atom is 0.345 e. The number of carbonyl (C=O) groups is 2. The molecule has 9 nitrogen and oxygen atoms in total. The van der Waals surface area contributed by atoms with Gasteiger partial charge in [0, 0.05) is 39.6 Å². The topological polar surface area (TPSA) is 110 Å². The van der Waals surface area contributed by atoms with E-state index in [2.05, 4.69) is 25.7 Å². The number of fused-ring (bicyclic) bond motifs is 1. The van der Waals surface area contributed by atoms with Crippen molar-refractivity contribution < 1.29 is 43.1 Å². The van der Waals surface area contributed by atoms with E-state index in [4.69, 9.17) is 40.0 Å². The van der Waals surface area contributed by atoms with E-state index in [9.17, 15) is 14.7 Å². The summed E-state index contributed by atoms with van der Waals surface area (Å²) in [6.07, 6.45) is 10.2. The zero-order valence-electron chi connectivity index (χ0n) is 36.2. The molecule has 0 bridgehead atoms. The second kappa shape index (κ2) is 20.7. The second-order valence-electron chi connectivity index (χ2n) is 19.0. The van der Waals surface area contributed by atoms with Gasteiger partial charge in [-0.1, -0.05) is 81.2 Å². The Hall–Kier alpha value is -2.73. The molecule has 322 valence electrons. The first-order valence-corrected chi connectivity index (χ1v) is 25.7. The molecule has 2 aromatic rings. The average molecular weight is 842 g/mol. The molecule has 0 spiro atoms. The van der Waals surface area contributed by atoms with E-state index >= 15 is 0 Å². The average Bonchev–Trinajstić information content (AvgIpc) is 3.15. The highest BCUT2D eigenvalue weighted by molar-refractivity contribution is 6.76. The number of aliphatic hydroxyl groups excluding tert-OH is 1. The van der Waals surface area contributed by atoms with E-state index in [0.717, 1.165) is 55.7 Å². The van der Waals surface area contributed by atoms with Crippen LogP contribution in [-0.4, -0.2) is 79.5 Å². The highest BCUT2D eigenvalue weighted by Gasteiger charge is 2.43. The molecule has 3 aliphatic heterocycles. The Kier molecular flexibility index (Phi) is 16.5. The number of hydrogen-bond donors (Lipinski definition) is 1. The van der Waals surface area contributed by atoms with Crippen LogP contribution in [0, 0.1) is 11.3 Å². The van der Waals surface area contributed by atoms with Crippen LogP contribution in [0.25, 0.3) is 0 Å². The van der Waals surface area contributed by atoms with Gasteiger partial charge < -0.3 is 33.5 Å². The number of cyclic esters (lactones) is 1. The Bertz CT molecular complexity index is 1660. The lowest BCUT2D eigenvalue weighted by Gasteiger charge is -2.39. The Morgan fingerprint density at radius 3 is 2.53 bits per heavy atom. The van der Waals surface area contributed by atoms with Crippen LogP contribution < -0.4 is 4.74 Å². The summed E-state index contributed by atoms with van der Waals surface area (Å²) in [6, 6.07) is 16.7. The first-order valence-electron chi connectivity index (χ1n) is 21.6. The molecule has 2 fully saturated rings. The van der Waals surface area contributed by atoms with Crippen LogP contribution in [0.2, 0.25) is 25.7 Å². The summed E-state index contributed by atoms with van der Waals surface area (Å²) < 4.78 is 36.9. The lowest BCUT2D eigenvalue weighted by atomic mass is 9.81. The molecular formula is C47H69ClO9Si. The molecule has 8 atom stereocenters. The SMILES string of the molecule is C[C@@H](/C=C/[C@@H]1C[C@H](Cl)C[C@H](CCCc2cccc3c2C(=O)OC(C)(C)O3)O1)[C@H](O)C[C@H](C[C@@H]1CCC[C@H](C(C)(C)C(=O)OCC[Si](C)(C)C)O1)OCc1ccccc1. The van der Waals surface area contributed by atoms with Crippen LogP contribution in [0.1, 0.15) is 114 Å². The molecule has 0 amide bonds. The van der Waals surface area contributed by atoms with Gasteiger partial charge in [0.25, 0.3) is 0 Å². The van der Waals surface area contributed by atoms with Crippen molar-refractivity contribution in [2.75, 3.05) is 6.61 Å². The maximum absolute atomic E-state index is 13.3. The van der Waals surface area contributed by atoms with E-state index in [0.29, 0.717) is 50.2 Å². The zero-order valence-corrected chi connectivity index (χ0v) is 37.9. The fourth-order valence-corrected chi connectivity index (χ4v) is 9.17. The Labute approximate surface area is 353 Å². The summed E-state index contributed by atoms with van der Waals surface area (Å²) >= 11 is 6.77. The lowest BCUT2D eigenvalue weighted by molar-refractivity contribution is -0.174. The minimum atomic E-state index is -1.32. The minimum Gasteiger partial charge on any atom is -0.466 e. The molecule has 0 saturated carbocycles. The summed E-state index contributed by atoms with van der Waals surface area (Å²) in [6.45, 7) is 17.1. The molecule has 3 heterocycles. The summed E-state index contributed by atoms with van der Waals surface area (Å²) in [5.74, 6) is -1.13. The van der Waals surface area contributed by atoms with Crippen molar-refractivity contribution >= 4 is 31.6 Å². The quantitative estimate of drug-likeness (QED) is 0.0640. The molecule has 2 saturated heterocycles. The fourth-order valence-electron chi connectivity index (χ4n) is 8.08. The van der Waals surface area contributed by atoms with Gasteiger partial charge in [0.1, 0.15) is 11.3 Å². The molecule has 0 radical (unpaired) electrons. The Balaban J connectivity index is 1.15. The third-order valence-corrected chi connectivity index (χ3v) is 13.8. The van der Waals surface area contributed by atoms with E-state index in [-0.39, 0.29) is 53.8 Å². The van der Waals surface area contributed by atoms with Crippen LogP contribution in [0.15, 0.2) is 60.7 Å². The van der Waals surface area contributed by atoms with Crippen molar-refractivity contribution in [3.05, 3.63) is 77.4 Å². The molecule has 58 heavy (non-hydrogen) atoms. The fraction of sp³-hybridized carbons (Fsp3) is 0.660. The van der Waals surface area contributed by atoms with Gasteiger partial charge in [-0.15, -0.1) is 11.6 Å². The minimum absolute atomic E-state index is 0.0140. The normalized spacial score (nSPS) is 25.3. The smallest absolute Gasteiger partial charge is 0.345 e. The molecule has 2 aromatic carbocycles. The Morgan fingerprint density at radius 1 is 1.03 bits per heavy atom. The predicted octanol–water partition coefficient (Wildman–Crippen LogP) is 10.2. The second-order valence-corrected chi connectivity index (χ2v) is 25.2. The standard InChI is InChI=1S/C47H69ClO9Si/c1-32(23-24-38-28-35(48)27-36(54-38)19-12-17-34-18-13-21-41-43(34)44(50)57-47(4,5)56-41)40(49)30-39(53-31-33-15-10-9-11-16-33)29-37-20-14-22-42(55-37)46(2,3)45(51)52-25-26-58(6,7)8/h9-11,13,15-16,18,21,23-24,32,35-40,42,49H,12,14,17,19-20,22,25-31H2,1-8H3/b24-23+/t32-,35+,36-,37-,38+,39-,40+,42+/m0/s1. The molecule has 0 aliphatic carbocycles. The predicted molar refractivity (Wildman–Crippen MR) is 231 cm³/mol. The summed E-state index contributed by atoms with van der Waals surface area (Å²) in [5.41, 5.74) is 1.73. The van der Waals surface area contributed by atoms with Gasteiger partial charge in [-0.3, -0.25) is 4.79 Å². The summed E-state index contributed by atoms with van der Waals surface area (Å²) in [7, 11) is -1.32. The maximum atomic E-state index is 13.3. The van der Waals surface area contributed by atoms with E-state index in [1.807, 2.05) is 75.4 Å². The first-order chi connectivity index (χ1) is 27.4. The number of halogens is 1. The number of benzene rings is 2. The van der Waals surface area contributed by atoms with Gasteiger partial charge >= 0.3 is 11.9 Å². The van der Waals surface area contributed by atoms with E-state index < -0.39 is 25.4 Å². The van der Waals surface area contributed by atoms with Crippen molar-refractivity contribution in [1.82, 2.24) is 0 Å².